The Morgan fingerprint density at radius 2 is 1.64 bits per heavy atom. The highest BCUT2D eigenvalue weighted by Crippen LogP contribution is 2.37. The summed E-state index contributed by atoms with van der Waals surface area (Å²) in [6.45, 7) is 11.4. The highest BCUT2D eigenvalue weighted by molar-refractivity contribution is 5.87. The summed E-state index contributed by atoms with van der Waals surface area (Å²) in [5, 5.41) is 0. The van der Waals surface area contributed by atoms with Gasteiger partial charge in [0.05, 0.1) is 13.2 Å². The van der Waals surface area contributed by atoms with Gasteiger partial charge in [0.15, 0.2) is 0 Å². The summed E-state index contributed by atoms with van der Waals surface area (Å²) in [4.78, 5) is 22.8. The van der Waals surface area contributed by atoms with Gasteiger partial charge in [0.25, 0.3) is 0 Å². The summed E-state index contributed by atoms with van der Waals surface area (Å²) in [5.41, 5.74) is 5.32. The Morgan fingerprint density at radius 3 is 2.18 bits per heavy atom. The first-order valence-electron chi connectivity index (χ1n) is 10.2. The molecule has 2 aliphatic carbocycles. The summed E-state index contributed by atoms with van der Waals surface area (Å²) in [6.07, 6.45) is 12.9. The van der Waals surface area contributed by atoms with Gasteiger partial charge >= 0.3 is 11.9 Å². The minimum atomic E-state index is -0.339. The molecule has 1 fully saturated rings. The van der Waals surface area contributed by atoms with Crippen LogP contribution in [0.3, 0.4) is 0 Å². The van der Waals surface area contributed by atoms with Crippen molar-refractivity contribution in [2.45, 2.75) is 52.4 Å². The molecule has 4 heteroatoms. The molecule has 0 aromatic carbocycles. The first-order valence-corrected chi connectivity index (χ1v) is 10.2. The molecule has 0 radical (unpaired) electrons. The summed E-state index contributed by atoms with van der Waals surface area (Å²) in [5.74, 6) is 1.10. The Bertz CT molecular complexity index is 698. The fourth-order valence-corrected chi connectivity index (χ4v) is 3.66. The highest BCUT2D eigenvalue weighted by atomic mass is 16.5. The van der Waals surface area contributed by atoms with Crippen molar-refractivity contribution in [1.82, 2.24) is 0 Å². The van der Waals surface area contributed by atoms with Gasteiger partial charge in [-0.15, -0.1) is 5.73 Å². The molecule has 0 amide bonds. The molecular formula is C24H32O4. The lowest BCUT2D eigenvalue weighted by molar-refractivity contribution is -0.140. The summed E-state index contributed by atoms with van der Waals surface area (Å²) >= 11 is 0. The molecule has 0 bridgehead atoms. The van der Waals surface area contributed by atoms with Crippen LogP contribution in [0, 0.1) is 17.8 Å². The van der Waals surface area contributed by atoms with Gasteiger partial charge in [0.2, 0.25) is 0 Å². The molecule has 152 valence electrons. The number of carbonyl (C=O) groups is 2. The number of allylic oxidation sites excluding steroid dienone is 2. The summed E-state index contributed by atoms with van der Waals surface area (Å²) < 4.78 is 10.4. The molecule has 1 atom stereocenters. The quantitative estimate of drug-likeness (QED) is 0.316. The van der Waals surface area contributed by atoms with Crippen LogP contribution in [0.1, 0.15) is 52.4 Å². The molecule has 0 spiro atoms. The van der Waals surface area contributed by atoms with Crippen LogP contribution in [0.4, 0.5) is 0 Å². The SMILES string of the molecule is C=C(C)C(=O)OCCC1=C=CC(C2CCC(CCOC(=O)C(=C)C)CC2)C=C1. The number of hydrogen-bond acceptors (Lipinski definition) is 4. The van der Waals surface area contributed by atoms with Crippen LogP contribution in [0.2, 0.25) is 0 Å². The van der Waals surface area contributed by atoms with Gasteiger partial charge in [-0.3, -0.25) is 0 Å². The average molecular weight is 385 g/mol. The van der Waals surface area contributed by atoms with E-state index < -0.39 is 0 Å². The van der Waals surface area contributed by atoms with Crippen molar-refractivity contribution in [3.05, 3.63) is 53.8 Å². The van der Waals surface area contributed by atoms with E-state index in [9.17, 15) is 9.59 Å². The van der Waals surface area contributed by atoms with E-state index in [0.717, 1.165) is 12.0 Å². The van der Waals surface area contributed by atoms with E-state index in [1.807, 2.05) is 0 Å². The minimum Gasteiger partial charge on any atom is -0.462 e. The molecule has 2 aliphatic rings. The molecular weight excluding hydrogens is 352 g/mol. The standard InChI is InChI=1S/C24H32O4/c1-17(2)23(25)27-15-13-19-5-9-21(10-6-19)22-11-7-20(8-12-22)14-16-28-24(26)18(3)4/h5,9-10,20-22H,1,3,7-8,11-16H2,2,4H3. The molecule has 0 N–H and O–H groups in total. The Kier molecular flexibility index (Phi) is 8.53. The summed E-state index contributed by atoms with van der Waals surface area (Å²) in [7, 11) is 0. The van der Waals surface area contributed by atoms with Crippen molar-refractivity contribution in [3.8, 4) is 0 Å². The largest absolute Gasteiger partial charge is 0.462 e. The van der Waals surface area contributed by atoms with E-state index in [2.05, 4.69) is 37.1 Å². The lowest BCUT2D eigenvalue weighted by atomic mass is 9.74. The third-order valence-electron chi connectivity index (χ3n) is 5.48. The van der Waals surface area contributed by atoms with E-state index in [4.69, 9.17) is 9.47 Å². The van der Waals surface area contributed by atoms with Gasteiger partial charge in [0.1, 0.15) is 0 Å². The second kappa shape index (κ2) is 10.9. The number of carbonyl (C=O) groups excluding carboxylic acids is 2. The van der Waals surface area contributed by atoms with Crippen LogP contribution < -0.4 is 0 Å². The van der Waals surface area contributed by atoms with Crippen molar-refractivity contribution in [2.24, 2.45) is 17.8 Å². The zero-order valence-corrected chi connectivity index (χ0v) is 17.2. The lowest BCUT2D eigenvalue weighted by Crippen LogP contribution is -2.21. The van der Waals surface area contributed by atoms with Gasteiger partial charge in [-0.25, -0.2) is 9.59 Å². The van der Waals surface area contributed by atoms with Crippen LogP contribution in [-0.4, -0.2) is 25.2 Å². The molecule has 1 saturated carbocycles. The Balaban J connectivity index is 1.69. The summed E-state index contributed by atoms with van der Waals surface area (Å²) in [6, 6.07) is 0. The molecule has 0 aromatic rings. The lowest BCUT2D eigenvalue weighted by Gasteiger charge is -2.31. The zero-order chi connectivity index (χ0) is 20.5. The third-order valence-corrected chi connectivity index (χ3v) is 5.48. The van der Waals surface area contributed by atoms with E-state index in [-0.39, 0.29) is 11.9 Å². The predicted molar refractivity (Wildman–Crippen MR) is 110 cm³/mol. The number of ether oxygens (including phenoxy) is 2. The Labute approximate surface area is 168 Å². The Hall–Kier alpha value is -2.32. The van der Waals surface area contributed by atoms with Gasteiger partial charge < -0.3 is 9.47 Å². The van der Waals surface area contributed by atoms with Crippen LogP contribution in [0.15, 0.2) is 53.8 Å². The molecule has 4 nitrogen and oxygen atoms in total. The molecule has 0 saturated heterocycles. The van der Waals surface area contributed by atoms with Crippen LogP contribution in [0.25, 0.3) is 0 Å². The van der Waals surface area contributed by atoms with Crippen molar-refractivity contribution >= 4 is 11.9 Å². The van der Waals surface area contributed by atoms with Crippen molar-refractivity contribution in [1.29, 1.82) is 0 Å². The van der Waals surface area contributed by atoms with Crippen molar-refractivity contribution < 1.29 is 19.1 Å². The fraction of sp³-hybridized carbons (Fsp3) is 0.542. The monoisotopic (exact) mass is 384 g/mol. The molecule has 28 heavy (non-hydrogen) atoms. The van der Waals surface area contributed by atoms with E-state index in [1.165, 1.54) is 25.7 Å². The molecule has 0 heterocycles. The topological polar surface area (TPSA) is 52.6 Å². The average Bonchev–Trinajstić information content (AvgIpc) is 2.68. The minimum absolute atomic E-state index is 0.289. The van der Waals surface area contributed by atoms with Gasteiger partial charge in [0, 0.05) is 23.5 Å². The van der Waals surface area contributed by atoms with Gasteiger partial charge in [-0.2, -0.15) is 0 Å². The zero-order valence-electron chi connectivity index (χ0n) is 17.2. The fourth-order valence-electron chi connectivity index (χ4n) is 3.66. The van der Waals surface area contributed by atoms with Crippen molar-refractivity contribution in [2.75, 3.05) is 13.2 Å². The van der Waals surface area contributed by atoms with Gasteiger partial charge in [-0.05, 0) is 56.6 Å². The predicted octanol–water partition coefficient (Wildman–Crippen LogP) is 5.08. The first-order chi connectivity index (χ1) is 13.4. The number of rotatable bonds is 9. The first kappa shape index (κ1) is 22.0. The normalized spacial score (nSPS) is 23.6. The maximum absolute atomic E-state index is 11.4. The van der Waals surface area contributed by atoms with E-state index >= 15 is 0 Å². The Morgan fingerprint density at radius 1 is 1.04 bits per heavy atom. The van der Waals surface area contributed by atoms with Gasteiger partial charge in [-0.1, -0.05) is 38.2 Å². The number of hydrogen-bond donors (Lipinski definition) is 0. The van der Waals surface area contributed by atoms with E-state index in [1.54, 1.807) is 13.8 Å². The second-order valence-electron chi connectivity index (χ2n) is 7.92. The molecule has 1 unspecified atom stereocenters. The third kappa shape index (κ3) is 7.01. The van der Waals surface area contributed by atoms with E-state index in [0.29, 0.717) is 48.5 Å². The van der Waals surface area contributed by atoms with Crippen molar-refractivity contribution in [3.63, 3.8) is 0 Å². The molecule has 2 rings (SSSR count). The maximum Gasteiger partial charge on any atom is 0.333 e. The number of esters is 2. The highest BCUT2D eigenvalue weighted by Gasteiger charge is 2.26. The molecule has 0 aliphatic heterocycles. The maximum atomic E-state index is 11.4. The van der Waals surface area contributed by atoms with Crippen LogP contribution in [0.5, 0.6) is 0 Å². The second-order valence-corrected chi connectivity index (χ2v) is 7.92. The smallest absolute Gasteiger partial charge is 0.333 e. The molecule has 0 aromatic heterocycles. The van der Waals surface area contributed by atoms with Crippen LogP contribution >= 0.6 is 0 Å². The van der Waals surface area contributed by atoms with Crippen LogP contribution in [-0.2, 0) is 19.1 Å².